The first kappa shape index (κ1) is 19.7. The Kier molecular flexibility index (Phi) is 7.68. The molecular formula is C18H25BrFN3O2. The highest BCUT2D eigenvalue weighted by molar-refractivity contribution is 9.10. The number of hydrogen-bond acceptors (Lipinski definition) is 3. The van der Waals surface area contributed by atoms with E-state index < -0.39 is 0 Å². The van der Waals surface area contributed by atoms with E-state index in [0.717, 1.165) is 42.9 Å². The molecule has 1 aromatic rings. The summed E-state index contributed by atoms with van der Waals surface area (Å²) in [6.07, 6.45) is 2.06. The summed E-state index contributed by atoms with van der Waals surface area (Å²) in [7, 11) is 1.43. The number of benzene rings is 1. The van der Waals surface area contributed by atoms with Gasteiger partial charge in [-0.05, 0) is 49.9 Å². The van der Waals surface area contributed by atoms with Crippen LogP contribution in [0.15, 0.2) is 27.7 Å². The van der Waals surface area contributed by atoms with Crippen LogP contribution in [0.4, 0.5) is 4.39 Å². The number of ether oxygens (including phenoxy) is 1. The van der Waals surface area contributed by atoms with Crippen molar-refractivity contribution in [3.05, 3.63) is 34.1 Å². The number of likely N-dealkylation sites (tertiary alicyclic amines) is 1. The van der Waals surface area contributed by atoms with Gasteiger partial charge in [-0.25, -0.2) is 4.39 Å². The number of hydrogen-bond donors (Lipinski definition) is 1. The normalized spacial score (nSPS) is 16.0. The van der Waals surface area contributed by atoms with E-state index in [4.69, 9.17) is 4.74 Å². The van der Waals surface area contributed by atoms with Crippen molar-refractivity contribution >= 4 is 27.9 Å². The van der Waals surface area contributed by atoms with Gasteiger partial charge in [0.2, 0.25) is 0 Å². The van der Waals surface area contributed by atoms with Crippen molar-refractivity contribution in [2.45, 2.75) is 26.2 Å². The summed E-state index contributed by atoms with van der Waals surface area (Å²) in [5, 5.41) is 3.28. The molecule has 0 radical (unpaired) electrons. The number of halogens is 2. The van der Waals surface area contributed by atoms with Gasteiger partial charge in [-0.3, -0.25) is 9.79 Å². The average molecular weight is 414 g/mol. The van der Waals surface area contributed by atoms with Crippen LogP contribution in [0.3, 0.4) is 0 Å². The minimum atomic E-state index is -0.206. The summed E-state index contributed by atoms with van der Waals surface area (Å²) in [6.45, 7) is 4.81. The largest absolute Gasteiger partial charge is 0.469 e. The predicted molar refractivity (Wildman–Crippen MR) is 100 cm³/mol. The van der Waals surface area contributed by atoms with Crippen LogP contribution in [0, 0.1) is 11.7 Å². The Labute approximate surface area is 156 Å². The van der Waals surface area contributed by atoms with Crippen molar-refractivity contribution in [1.82, 2.24) is 10.2 Å². The number of aliphatic imine (C=N–C) groups is 1. The summed E-state index contributed by atoms with van der Waals surface area (Å²) in [5.74, 6) is 0.454. The number of carbonyl (C=O) groups excluding carboxylic acids is 1. The minimum absolute atomic E-state index is 0.0279. The van der Waals surface area contributed by atoms with Crippen molar-refractivity contribution in [3.63, 3.8) is 0 Å². The molecule has 1 aliphatic heterocycles. The summed E-state index contributed by atoms with van der Waals surface area (Å²) < 4.78 is 19.5. The highest BCUT2D eigenvalue weighted by Gasteiger charge is 2.26. The number of esters is 1. The average Bonchev–Trinajstić information content (AvgIpc) is 2.63. The molecule has 0 unspecified atom stereocenters. The van der Waals surface area contributed by atoms with Crippen molar-refractivity contribution in [2.75, 3.05) is 33.3 Å². The van der Waals surface area contributed by atoms with Crippen LogP contribution in [0.1, 0.15) is 25.3 Å². The molecule has 0 aliphatic carbocycles. The van der Waals surface area contributed by atoms with Gasteiger partial charge in [0.05, 0.1) is 13.0 Å². The quantitative estimate of drug-likeness (QED) is 0.457. The third kappa shape index (κ3) is 5.70. The third-order valence-corrected chi connectivity index (χ3v) is 4.81. The highest BCUT2D eigenvalue weighted by atomic mass is 79.9. The molecule has 1 aliphatic rings. The number of nitrogens with zero attached hydrogens (tertiary/aromatic N) is 2. The smallest absolute Gasteiger partial charge is 0.308 e. The molecule has 1 aromatic carbocycles. The van der Waals surface area contributed by atoms with E-state index in [-0.39, 0.29) is 17.7 Å². The first-order chi connectivity index (χ1) is 12.0. The van der Waals surface area contributed by atoms with Crippen molar-refractivity contribution < 1.29 is 13.9 Å². The topological polar surface area (TPSA) is 53.9 Å². The number of carbonyl (C=O) groups is 1. The molecule has 1 fully saturated rings. The number of rotatable bonds is 5. The highest BCUT2D eigenvalue weighted by Crippen LogP contribution is 2.19. The Balaban J connectivity index is 1.94. The van der Waals surface area contributed by atoms with Crippen LogP contribution in [-0.4, -0.2) is 50.1 Å². The fourth-order valence-electron chi connectivity index (χ4n) is 2.94. The molecule has 1 heterocycles. The van der Waals surface area contributed by atoms with Crippen molar-refractivity contribution in [3.8, 4) is 0 Å². The zero-order valence-electron chi connectivity index (χ0n) is 14.7. The predicted octanol–water partition coefficient (Wildman–Crippen LogP) is 2.98. The van der Waals surface area contributed by atoms with Gasteiger partial charge in [-0.15, -0.1) is 0 Å². The molecule has 25 heavy (non-hydrogen) atoms. The molecule has 1 saturated heterocycles. The Morgan fingerprint density at radius 1 is 1.44 bits per heavy atom. The van der Waals surface area contributed by atoms with E-state index in [9.17, 15) is 9.18 Å². The zero-order valence-corrected chi connectivity index (χ0v) is 16.3. The van der Waals surface area contributed by atoms with Crippen LogP contribution in [0.5, 0.6) is 0 Å². The molecule has 0 amide bonds. The molecule has 0 spiro atoms. The van der Waals surface area contributed by atoms with E-state index >= 15 is 0 Å². The molecule has 0 bridgehead atoms. The lowest BCUT2D eigenvalue weighted by molar-refractivity contribution is -0.146. The van der Waals surface area contributed by atoms with Crippen molar-refractivity contribution in [1.29, 1.82) is 0 Å². The maximum Gasteiger partial charge on any atom is 0.308 e. The van der Waals surface area contributed by atoms with Gasteiger partial charge in [-0.1, -0.05) is 15.9 Å². The Morgan fingerprint density at radius 3 is 2.80 bits per heavy atom. The summed E-state index contributed by atoms with van der Waals surface area (Å²) in [5.41, 5.74) is 0.651. The standard InChI is InChI=1S/C18H25BrFN3O2/c1-3-21-18(23-10-7-13(8-11-23)17(24)25-2)22-9-6-14-12-15(19)4-5-16(14)20/h4-5,12-13H,3,6-11H2,1-2H3,(H,21,22). The summed E-state index contributed by atoms with van der Waals surface area (Å²) in [4.78, 5) is 18.4. The summed E-state index contributed by atoms with van der Waals surface area (Å²) in [6, 6.07) is 4.95. The van der Waals surface area contributed by atoms with Crippen LogP contribution in [-0.2, 0) is 16.0 Å². The van der Waals surface area contributed by atoms with Crippen LogP contribution >= 0.6 is 15.9 Å². The number of nitrogens with one attached hydrogen (secondary N) is 1. The fourth-order valence-corrected chi connectivity index (χ4v) is 3.35. The molecule has 0 aromatic heterocycles. The Morgan fingerprint density at radius 2 is 2.16 bits per heavy atom. The maximum atomic E-state index is 13.8. The number of piperidine rings is 1. The molecule has 1 N–H and O–H groups in total. The Bertz CT molecular complexity index is 616. The van der Waals surface area contributed by atoms with Crippen LogP contribution in [0.2, 0.25) is 0 Å². The molecule has 138 valence electrons. The molecule has 0 atom stereocenters. The van der Waals surface area contributed by atoms with Gasteiger partial charge in [0.25, 0.3) is 0 Å². The number of guanidine groups is 1. The van der Waals surface area contributed by atoms with Gasteiger partial charge in [-0.2, -0.15) is 0 Å². The second kappa shape index (κ2) is 9.75. The maximum absolute atomic E-state index is 13.8. The minimum Gasteiger partial charge on any atom is -0.469 e. The van der Waals surface area contributed by atoms with E-state index in [0.29, 0.717) is 18.5 Å². The zero-order chi connectivity index (χ0) is 18.2. The Hall–Kier alpha value is -1.63. The second-order valence-electron chi connectivity index (χ2n) is 6.01. The second-order valence-corrected chi connectivity index (χ2v) is 6.92. The molecule has 0 saturated carbocycles. The van der Waals surface area contributed by atoms with E-state index in [2.05, 4.69) is 31.1 Å². The van der Waals surface area contributed by atoms with E-state index in [1.807, 2.05) is 6.92 Å². The molecule has 5 nitrogen and oxygen atoms in total. The van der Waals surface area contributed by atoms with E-state index in [1.165, 1.54) is 13.2 Å². The van der Waals surface area contributed by atoms with Gasteiger partial charge in [0.1, 0.15) is 5.82 Å². The van der Waals surface area contributed by atoms with Crippen LogP contribution < -0.4 is 5.32 Å². The molecule has 7 heteroatoms. The molecular weight excluding hydrogens is 389 g/mol. The lowest BCUT2D eigenvalue weighted by Gasteiger charge is -2.33. The van der Waals surface area contributed by atoms with Gasteiger partial charge in [0.15, 0.2) is 5.96 Å². The SMILES string of the molecule is CCNC(=NCCc1cc(Br)ccc1F)N1CCC(C(=O)OC)CC1. The summed E-state index contributed by atoms with van der Waals surface area (Å²) >= 11 is 3.37. The molecule has 2 rings (SSSR count). The van der Waals surface area contributed by atoms with Crippen molar-refractivity contribution in [2.24, 2.45) is 10.9 Å². The first-order valence-corrected chi connectivity index (χ1v) is 9.39. The number of methoxy groups -OCH3 is 1. The van der Waals surface area contributed by atoms with Crippen LogP contribution in [0.25, 0.3) is 0 Å². The fraction of sp³-hybridized carbons (Fsp3) is 0.556. The lowest BCUT2D eigenvalue weighted by atomic mass is 9.97. The van der Waals surface area contributed by atoms with Gasteiger partial charge >= 0.3 is 5.97 Å². The third-order valence-electron chi connectivity index (χ3n) is 4.31. The van der Waals surface area contributed by atoms with Gasteiger partial charge < -0.3 is 15.0 Å². The first-order valence-electron chi connectivity index (χ1n) is 8.60. The van der Waals surface area contributed by atoms with E-state index in [1.54, 1.807) is 12.1 Å². The van der Waals surface area contributed by atoms with Gasteiger partial charge in [0, 0.05) is 30.7 Å². The monoisotopic (exact) mass is 413 g/mol. The lowest BCUT2D eigenvalue weighted by Crippen LogP contribution is -2.46.